The van der Waals surface area contributed by atoms with Gasteiger partial charge in [0.15, 0.2) is 5.69 Å². The average molecular weight is 411 g/mol. The molecule has 0 radical (unpaired) electrons. The molecule has 3 nitrogen and oxygen atoms in total. The lowest BCUT2D eigenvalue weighted by Crippen LogP contribution is -1.98. The summed E-state index contributed by atoms with van der Waals surface area (Å²) in [6.07, 6.45) is 1.78. The van der Waals surface area contributed by atoms with Gasteiger partial charge in [-0.1, -0.05) is 6.92 Å². The first-order valence-corrected chi connectivity index (χ1v) is 8.43. The highest BCUT2D eigenvalue weighted by molar-refractivity contribution is 9.13. The van der Waals surface area contributed by atoms with Crippen molar-refractivity contribution < 1.29 is 9.90 Å². The maximum absolute atomic E-state index is 11.2. The van der Waals surface area contributed by atoms with E-state index < -0.39 is 5.97 Å². The number of halogens is 2. The smallest absolute Gasteiger partial charge is 0.356 e. The number of nitrogens with zero attached hydrogens (tertiary/aromatic N) is 1. The molecule has 0 unspecified atom stereocenters. The number of hydrogen-bond donors (Lipinski definition) is 1. The van der Waals surface area contributed by atoms with Crippen LogP contribution in [0.2, 0.25) is 0 Å². The van der Waals surface area contributed by atoms with E-state index in [1.54, 1.807) is 0 Å². The zero-order valence-corrected chi connectivity index (χ0v) is 14.2. The molecule has 7 heteroatoms. The van der Waals surface area contributed by atoms with Gasteiger partial charge in [0, 0.05) is 9.35 Å². The SMILES string of the molecule is CCCc1nc(C(=O)O)c(-c2cc(Br)c(Br)s2)s1. The molecule has 2 heterocycles. The molecular formula is C11H9Br2NO2S2. The lowest BCUT2D eigenvalue weighted by Gasteiger charge is -1.92. The Morgan fingerprint density at radius 3 is 2.67 bits per heavy atom. The number of thiazole rings is 1. The van der Waals surface area contributed by atoms with Crippen LogP contribution in [0.5, 0.6) is 0 Å². The molecule has 0 saturated carbocycles. The molecule has 1 N–H and O–H groups in total. The lowest BCUT2D eigenvalue weighted by atomic mass is 10.3. The summed E-state index contributed by atoms with van der Waals surface area (Å²) < 4.78 is 1.89. The van der Waals surface area contributed by atoms with Crippen molar-refractivity contribution in [2.45, 2.75) is 19.8 Å². The third kappa shape index (κ3) is 2.84. The third-order valence-electron chi connectivity index (χ3n) is 2.21. The van der Waals surface area contributed by atoms with Crippen molar-refractivity contribution in [3.8, 4) is 9.75 Å². The van der Waals surface area contributed by atoms with Gasteiger partial charge in [0.2, 0.25) is 0 Å². The average Bonchev–Trinajstić information content (AvgIpc) is 2.85. The van der Waals surface area contributed by atoms with E-state index in [-0.39, 0.29) is 5.69 Å². The zero-order valence-electron chi connectivity index (χ0n) is 9.37. The summed E-state index contributed by atoms with van der Waals surface area (Å²) in [4.78, 5) is 17.1. The molecule has 0 amide bonds. The highest BCUT2D eigenvalue weighted by Crippen LogP contribution is 2.41. The Morgan fingerprint density at radius 2 is 2.17 bits per heavy atom. The van der Waals surface area contributed by atoms with Gasteiger partial charge in [-0.05, 0) is 50.8 Å². The quantitative estimate of drug-likeness (QED) is 0.767. The number of hydrogen-bond acceptors (Lipinski definition) is 4. The van der Waals surface area contributed by atoms with Crippen LogP contribution in [0.4, 0.5) is 0 Å². The molecule has 18 heavy (non-hydrogen) atoms. The monoisotopic (exact) mass is 409 g/mol. The van der Waals surface area contributed by atoms with Crippen molar-refractivity contribution in [3.63, 3.8) is 0 Å². The second-order valence-electron chi connectivity index (χ2n) is 3.57. The van der Waals surface area contributed by atoms with Gasteiger partial charge in [0.25, 0.3) is 0 Å². The van der Waals surface area contributed by atoms with E-state index in [4.69, 9.17) is 0 Å². The van der Waals surface area contributed by atoms with Crippen LogP contribution in [0.15, 0.2) is 14.3 Å². The Morgan fingerprint density at radius 1 is 1.44 bits per heavy atom. The number of thiophene rings is 1. The first-order valence-electron chi connectivity index (χ1n) is 5.21. The van der Waals surface area contributed by atoms with Crippen molar-refractivity contribution in [1.82, 2.24) is 4.98 Å². The Kier molecular flexibility index (Phi) is 4.58. The largest absolute Gasteiger partial charge is 0.476 e. The van der Waals surface area contributed by atoms with Gasteiger partial charge >= 0.3 is 5.97 Å². The number of aryl methyl sites for hydroxylation is 1. The summed E-state index contributed by atoms with van der Waals surface area (Å²) >= 11 is 9.81. The van der Waals surface area contributed by atoms with E-state index in [0.717, 1.165) is 35.9 Å². The molecule has 0 aliphatic carbocycles. The van der Waals surface area contributed by atoms with Crippen molar-refractivity contribution >= 4 is 60.5 Å². The van der Waals surface area contributed by atoms with E-state index in [2.05, 4.69) is 43.8 Å². The maximum atomic E-state index is 11.2. The molecule has 0 aromatic carbocycles. The van der Waals surface area contributed by atoms with Crippen LogP contribution in [0.3, 0.4) is 0 Å². The van der Waals surface area contributed by atoms with Gasteiger partial charge in [-0.25, -0.2) is 9.78 Å². The number of carboxylic acids is 1. The van der Waals surface area contributed by atoms with Crippen molar-refractivity contribution in [2.75, 3.05) is 0 Å². The third-order valence-corrected chi connectivity index (χ3v) is 6.76. The molecule has 0 aliphatic heterocycles. The van der Waals surface area contributed by atoms with Gasteiger partial charge in [0.05, 0.1) is 13.7 Å². The van der Waals surface area contributed by atoms with Crippen LogP contribution in [0, 0.1) is 0 Å². The van der Waals surface area contributed by atoms with Crippen LogP contribution < -0.4 is 0 Å². The molecule has 2 aromatic heterocycles. The molecule has 96 valence electrons. The van der Waals surface area contributed by atoms with E-state index in [0.29, 0.717) is 0 Å². The van der Waals surface area contributed by atoms with E-state index >= 15 is 0 Å². The van der Waals surface area contributed by atoms with E-state index in [9.17, 15) is 9.90 Å². The summed E-state index contributed by atoms with van der Waals surface area (Å²) in [5.41, 5.74) is 0.157. The predicted octanol–water partition coefficient (Wildman–Crippen LogP) is 5.05. The van der Waals surface area contributed by atoms with Crippen molar-refractivity contribution in [1.29, 1.82) is 0 Å². The van der Waals surface area contributed by atoms with Gasteiger partial charge in [-0.3, -0.25) is 0 Å². The fourth-order valence-corrected chi connectivity index (χ4v) is 4.75. The normalized spacial score (nSPS) is 10.8. The number of rotatable bonds is 4. The molecule has 0 spiro atoms. The maximum Gasteiger partial charge on any atom is 0.356 e. The van der Waals surface area contributed by atoms with Crippen LogP contribution in [-0.4, -0.2) is 16.1 Å². The minimum atomic E-state index is -0.968. The number of aromatic carboxylic acids is 1. The standard InChI is InChI=1S/C11H9Br2NO2S2/c1-2-3-7-14-8(11(15)16)9(18-7)6-4-5(12)10(13)17-6/h4H,2-3H2,1H3,(H,15,16). The first-order chi connectivity index (χ1) is 8.52. The fraction of sp³-hybridized carbons (Fsp3) is 0.273. The summed E-state index contributed by atoms with van der Waals surface area (Å²) in [6, 6.07) is 1.92. The molecule has 0 fully saturated rings. The van der Waals surface area contributed by atoms with Gasteiger partial charge in [0.1, 0.15) is 0 Å². The van der Waals surface area contributed by atoms with Gasteiger partial charge < -0.3 is 5.11 Å². The Hall–Kier alpha value is -0.240. The predicted molar refractivity (Wildman–Crippen MR) is 81.8 cm³/mol. The van der Waals surface area contributed by atoms with Gasteiger partial charge in [-0.15, -0.1) is 22.7 Å². The lowest BCUT2D eigenvalue weighted by molar-refractivity contribution is 0.0692. The second-order valence-corrected chi connectivity index (χ2v) is 7.88. The van der Waals surface area contributed by atoms with Crippen LogP contribution in [0.25, 0.3) is 9.75 Å². The van der Waals surface area contributed by atoms with E-state index in [1.807, 2.05) is 6.07 Å². The molecule has 0 atom stereocenters. The van der Waals surface area contributed by atoms with Crippen molar-refractivity contribution in [2.24, 2.45) is 0 Å². The van der Waals surface area contributed by atoms with E-state index in [1.165, 1.54) is 22.7 Å². The molecule has 0 bridgehead atoms. The number of carbonyl (C=O) groups is 1. The highest BCUT2D eigenvalue weighted by Gasteiger charge is 2.20. The molecule has 2 aromatic rings. The summed E-state index contributed by atoms with van der Waals surface area (Å²) in [6.45, 7) is 2.06. The molecule has 0 aliphatic rings. The van der Waals surface area contributed by atoms with Crippen LogP contribution >= 0.6 is 54.5 Å². The Balaban J connectivity index is 2.51. The summed E-state index contributed by atoms with van der Waals surface area (Å²) in [5, 5.41) is 10.1. The Labute approximate surface area is 129 Å². The summed E-state index contributed by atoms with van der Waals surface area (Å²) in [5.74, 6) is -0.968. The second kappa shape index (κ2) is 5.81. The van der Waals surface area contributed by atoms with Crippen LogP contribution in [0.1, 0.15) is 28.8 Å². The van der Waals surface area contributed by atoms with Gasteiger partial charge in [-0.2, -0.15) is 0 Å². The number of aromatic nitrogens is 1. The molecule has 0 saturated heterocycles. The summed E-state index contributed by atoms with van der Waals surface area (Å²) in [7, 11) is 0. The topological polar surface area (TPSA) is 50.2 Å². The van der Waals surface area contributed by atoms with Crippen molar-refractivity contribution in [3.05, 3.63) is 25.0 Å². The van der Waals surface area contributed by atoms with Crippen LogP contribution in [-0.2, 0) is 6.42 Å². The molecule has 2 rings (SSSR count). The molecular weight excluding hydrogens is 402 g/mol. The zero-order chi connectivity index (χ0) is 13.3. The minimum absolute atomic E-state index is 0.157. The first kappa shape index (κ1) is 14.2. The fourth-order valence-electron chi connectivity index (χ4n) is 1.46. The minimum Gasteiger partial charge on any atom is -0.476 e. The Bertz CT molecular complexity index is 572. The number of carboxylic acid groups (broad SMARTS) is 1. The highest BCUT2D eigenvalue weighted by atomic mass is 79.9.